The molecule has 0 aliphatic carbocycles. The lowest BCUT2D eigenvalue weighted by Crippen LogP contribution is -2.20. The number of H-pyrrole nitrogens is 1. The molecule has 0 spiro atoms. The van der Waals surface area contributed by atoms with Gasteiger partial charge in [0.2, 0.25) is 0 Å². The Hall–Kier alpha value is -2.03. The van der Waals surface area contributed by atoms with Gasteiger partial charge in [0.25, 0.3) is 5.91 Å². The summed E-state index contributed by atoms with van der Waals surface area (Å²) in [5, 5.41) is 2.72. The van der Waals surface area contributed by atoms with Gasteiger partial charge in [-0.25, -0.2) is 0 Å². The zero-order valence-electron chi connectivity index (χ0n) is 11.9. The van der Waals surface area contributed by atoms with Crippen molar-refractivity contribution in [3.63, 3.8) is 0 Å². The second kappa shape index (κ2) is 5.31. The maximum Gasteiger partial charge on any atom is 0.253 e. The van der Waals surface area contributed by atoms with Crippen LogP contribution in [-0.4, -0.2) is 17.9 Å². The van der Waals surface area contributed by atoms with E-state index in [0.717, 1.165) is 28.1 Å². The van der Waals surface area contributed by atoms with Gasteiger partial charge in [-0.15, -0.1) is 0 Å². The molecule has 0 saturated heterocycles. The van der Waals surface area contributed by atoms with E-state index in [1.165, 1.54) is 0 Å². The van der Waals surface area contributed by atoms with Crippen LogP contribution in [0.2, 0.25) is 0 Å². The monoisotopic (exact) mass is 256 g/mol. The Morgan fingerprint density at radius 2 is 1.84 bits per heavy atom. The second-order valence-electron chi connectivity index (χ2n) is 5.01. The molecule has 0 unspecified atom stereocenters. The Labute approximate surface area is 114 Å². The molecule has 0 atom stereocenters. The highest BCUT2D eigenvalue weighted by Gasteiger charge is 2.22. The minimum atomic E-state index is -0.0281. The number of carbonyl (C=O) groups is 1. The molecule has 1 heterocycles. The summed E-state index contributed by atoms with van der Waals surface area (Å²) in [5.41, 5.74) is 4.94. The fourth-order valence-corrected chi connectivity index (χ4v) is 2.47. The van der Waals surface area contributed by atoms with Gasteiger partial charge in [-0.1, -0.05) is 44.2 Å². The van der Waals surface area contributed by atoms with Gasteiger partial charge in [0, 0.05) is 18.4 Å². The third kappa shape index (κ3) is 2.41. The number of carbonyl (C=O) groups excluding carboxylic acids is 1. The number of aromatic nitrogens is 1. The summed E-state index contributed by atoms with van der Waals surface area (Å²) < 4.78 is 0. The minimum Gasteiger partial charge on any atom is -0.358 e. The third-order valence-corrected chi connectivity index (χ3v) is 3.32. The number of aryl methyl sites for hydroxylation is 1. The molecule has 0 radical (unpaired) electrons. The van der Waals surface area contributed by atoms with Gasteiger partial charge >= 0.3 is 0 Å². The summed E-state index contributed by atoms with van der Waals surface area (Å²) in [7, 11) is 1.67. The van der Waals surface area contributed by atoms with Gasteiger partial charge < -0.3 is 10.3 Å². The van der Waals surface area contributed by atoms with Crippen LogP contribution in [0.3, 0.4) is 0 Å². The van der Waals surface area contributed by atoms with Gasteiger partial charge in [0.1, 0.15) is 0 Å². The fourth-order valence-electron chi connectivity index (χ4n) is 2.47. The normalized spacial score (nSPS) is 10.8. The Balaban J connectivity index is 2.66. The van der Waals surface area contributed by atoms with E-state index in [1.807, 2.05) is 25.1 Å². The van der Waals surface area contributed by atoms with Crippen LogP contribution in [0.4, 0.5) is 0 Å². The predicted octanol–water partition coefficient (Wildman–Crippen LogP) is 3.47. The lowest BCUT2D eigenvalue weighted by atomic mass is 9.94. The van der Waals surface area contributed by atoms with Gasteiger partial charge in [0.05, 0.1) is 5.56 Å². The maximum atomic E-state index is 12.1. The number of hydrogen-bond donors (Lipinski definition) is 2. The molecular weight excluding hydrogens is 236 g/mol. The van der Waals surface area contributed by atoms with Crippen molar-refractivity contribution in [2.45, 2.75) is 26.7 Å². The molecule has 2 N–H and O–H groups in total. The predicted molar refractivity (Wildman–Crippen MR) is 78.4 cm³/mol. The van der Waals surface area contributed by atoms with E-state index in [9.17, 15) is 4.79 Å². The summed E-state index contributed by atoms with van der Waals surface area (Å²) in [6.45, 7) is 6.17. The highest BCUT2D eigenvalue weighted by atomic mass is 16.1. The zero-order valence-corrected chi connectivity index (χ0v) is 11.9. The fraction of sp³-hybridized carbons (Fsp3) is 0.312. The van der Waals surface area contributed by atoms with Crippen LogP contribution in [0.5, 0.6) is 0 Å². The topological polar surface area (TPSA) is 44.9 Å². The van der Waals surface area contributed by atoms with Crippen LogP contribution in [0, 0.1) is 6.92 Å². The molecule has 0 saturated carbocycles. The van der Waals surface area contributed by atoms with Crippen LogP contribution >= 0.6 is 0 Å². The van der Waals surface area contributed by atoms with Gasteiger partial charge in [-0.3, -0.25) is 4.79 Å². The largest absolute Gasteiger partial charge is 0.358 e. The van der Waals surface area contributed by atoms with Crippen molar-refractivity contribution < 1.29 is 4.79 Å². The molecule has 3 nitrogen and oxygen atoms in total. The van der Waals surface area contributed by atoms with Gasteiger partial charge in [-0.2, -0.15) is 0 Å². The number of benzene rings is 1. The summed E-state index contributed by atoms with van der Waals surface area (Å²) in [5.74, 6) is 0.257. The van der Waals surface area contributed by atoms with E-state index in [-0.39, 0.29) is 11.8 Å². The summed E-state index contributed by atoms with van der Waals surface area (Å²) in [6, 6.07) is 10.1. The average Bonchev–Trinajstić information content (AvgIpc) is 2.76. The molecule has 1 aromatic heterocycles. The Morgan fingerprint density at radius 3 is 2.37 bits per heavy atom. The number of hydrogen-bond acceptors (Lipinski definition) is 1. The molecule has 2 rings (SSSR count). The average molecular weight is 256 g/mol. The first-order chi connectivity index (χ1) is 9.06. The maximum absolute atomic E-state index is 12.1. The smallest absolute Gasteiger partial charge is 0.253 e. The lowest BCUT2D eigenvalue weighted by molar-refractivity contribution is 0.0961. The van der Waals surface area contributed by atoms with Crippen LogP contribution < -0.4 is 5.32 Å². The number of aromatic amines is 1. The molecule has 1 amide bonds. The summed E-state index contributed by atoms with van der Waals surface area (Å²) >= 11 is 0. The molecule has 0 aliphatic heterocycles. The Morgan fingerprint density at radius 1 is 1.21 bits per heavy atom. The van der Waals surface area contributed by atoms with E-state index in [0.29, 0.717) is 0 Å². The van der Waals surface area contributed by atoms with Gasteiger partial charge in [-0.05, 0) is 24.0 Å². The van der Waals surface area contributed by atoms with E-state index in [1.54, 1.807) is 7.05 Å². The first-order valence-corrected chi connectivity index (χ1v) is 6.56. The van der Waals surface area contributed by atoms with Crippen LogP contribution in [0.25, 0.3) is 11.3 Å². The minimum absolute atomic E-state index is 0.0281. The number of amides is 1. The molecule has 0 aliphatic rings. The van der Waals surface area contributed by atoms with Crippen molar-refractivity contribution in [3.8, 4) is 11.3 Å². The molecule has 1 aromatic carbocycles. The van der Waals surface area contributed by atoms with Crippen molar-refractivity contribution >= 4 is 5.91 Å². The van der Waals surface area contributed by atoms with E-state index in [2.05, 4.69) is 36.3 Å². The highest BCUT2D eigenvalue weighted by Crippen LogP contribution is 2.33. The number of nitrogens with one attached hydrogen (secondary N) is 2. The molecule has 2 aromatic rings. The van der Waals surface area contributed by atoms with E-state index in [4.69, 9.17) is 0 Å². The summed E-state index contributed by atoms with van der Waals surface area (Å²) in [6.07, 6.45) is 0. The zero-order chi connectivity index (χ0) is 14.0. The van der Waals surface area contributed by atoms with Crippen molar-refractivity contribution in [2.75, 3.05) is 7.05 Å². The van der Waals surface area contributed by atoms with Crippen molar-refractivity contribution in [1.29, 1.82) is 0 Å². The SMILES string of the molecule is CNC(=O)c1c(C)[nH]c(-c2ccccc2)c1C(C)C. The van der Waals surface area contributed by atoms with Crippen molar-refractivity contribution in [3.05, 3.63) is 47.2 Å². The van der Waals surface area contributed by atoms with Crippen LogP contribution in [0.15, 0.2) is 30.3 Å². The molecule has 0 fully saturated rings. The standard InChI is InChI=1S/C16H20N2O/c1-10(2)13-14(16(19)17-4)11(3)18-15(13)12-8-6-5-7-9-12/h5-10,18H,1-4H3,(H,17,19). The molecular formula is C16H20N2O. The molecule has 100 valence electrons. The quantitative estimate of drug-likeness (QED) is 0.867. The van der Waals surface area contributed by atoms with Gasteiger partial charge in [0.15, 0.2) is 0 Å². The Bertz CT molecular complexity index is 582. The molecule has 3 heteroatoms. The first kappa shape index (κ1) is 13.4. The van der Waals surface area contributed by atoms with E-state index >= 15 is 0 Å². The van der Waals surface area contributed by atoms with Crippen molar-refractivity contribution in [2.24, 2.45) is 0 Å². The van der Waals surface area contributed by atoms with Crippen molar-refractivity contribution in [1.82, 2.24) is 10.3 Å². The van der Waals surface area contributed by atoms with Crippen LogP contribution in [-0.2, 0) is 0 Å². The molecule has 0 bridgehead atoms. The van der Waals surface area contributed by atoms with E-state index < -0.39 is 0 Å². The Kier molecular flexibility index (Phi) is 3.74. The first-order valence-electron chi connectivity index (χ1n) is 6.56. The highest BCUT2D eigenvalue weighted by molar-refractivity contribution is 5.99. The summed E-state index contributed by atoms with van der Waals surface area (Å²) in [4.78, 5) is 15.4. The lowest BCUT2D eigenvalue weighted by Gasteiger charge is -2.10. The number of rotatable bonds is 3. The second-order valence-corrected chi connectivity index (χ2v) is 5.01. The van der Waals surface area contributed by atoms with Crippen LogP contribution in [0.1, 0.15) is 41.4 Å². The molecule has 19 heavy (non-hydrogen) atoms. The third-order valence-electron chi connectivity index (χ3n) is 3.32.